The van der Waals surface area contributed by atoms with Crippen LogP contribution in [0, 0.1) is 0 Å². The van der Waals surface area contributed by atoms with Gasteiger partial charge < -0.3 is 14.6 Å². The van der Waals surface area contributed by atoms with E-state index in [1.54, 1.807) is 0 Å². The molecule has 0 aromatic heterocycles. The van der Waals surface area contributed by atoms with Gasteiger partial charge >= 0.3 is 5.97 Å². The van der Waals surface area contributed by atoms with Gasteiger partial charge in [-0.15, -0.1) is 0 Å². The standard InChI is InChI=1S/C11H20O2.CH2O2/c1-3-5-6-7-8-9-10-13-11(12)4-2;2-1-3/h4H,2-3,5-10H2,1H3;1H,(H,2,3)/p-1. The third-order valence-electron chi connectivity index (χ3n) is 1.91. The minimum Gasteiger partial charge on any atom is -0.554 e. The number of carbonyl (C=O) groups is 2. The molecule has 16 heavy (non-hydrogen) atoms. The monoisotopic (exact) mass is 229 g/mol. The fourth-order valence-electron chi connectivity index (χ4n) is 1.11. The van der Waals surface area contributed by atoms with Crippen LogP contribution in [-0.4, -0.2) is 19.0 Å². The Labute approximate surface area is 97.3 Å². The Hall–Kier alpha value is -1.32. The highest BCUT2D eigenvalue weighted by atomic mass is 16.5. The SMILES string of the molecule is C=CC(=O)OCCCCCCCC.O=C[O-]. The van der Waals surface area contributed by atoms with E-state index in [1.807, 2.05) is 0 Å². The molecule has 0 amide bonds. The van der Waals surface area contributed by atoms with Gasteiger partial charge in [-0.25, -0.2) is 4.79 Å². The summed E-state index contributed by atoms with van der Waals surface area (Å²) in [6, 6.07) is 0. The van der Waals surface area contributed by atoms with Gasteiger partial charge in [-0.05, 0) is 6.42 Å². The van der Waals surface area contributed by atoms with Gasteiger partial charge in [0, 0.05) is 12.5 Å². The lowest BCUT2D eigenvalue weighted by atomic mass is 10.1. The van der Waals surface area contributed by atoms with Crippen LogP contribution >= 0.6 is 0 Å². The molecule has 0 N–H and O–H groups in total. The maximum atomic E-state index is 10.6. The summed E-state index contributed by atoms with van der Waals surface area (Å²) >= 11 is 0. The molecule has 0 aromatic carbocycles. The summed E-state index contributed by atoms with van der Waals surface area (Å²) in [5.74, 6) is -0.312. The topological polar surface area (TPSA) is 66.4 Å². The molecule has 0 bridgehead atoms. The Kier molecular flexibility index (Phi) is 17.2. The molecular formula is C12H21O4-. The molecule has 0 atom stereocenters. The van der Waals surface area contributed by atoms with Crippen molar-refractivity contribution in [3.63, 3.8) is 0 Å². The second-order valence-electron chi connectivity index (χ2n) is 3.24. The zero-order chi connectivity index (χ0) is 12.6. The van der Waals surface area contributed by atoms with Crippen LogP contribution < -0.4 is 5.11 Å². The van der Waals surface area contributed by atoms with Crippen molar-refractivity contribution in [3.05, 3.63) is 12.7 Å². The lowest BCUT2D eigenvalue weighted by Crippen LogP contribution is -2.01. The van der Waals surface area contributed by atoms with Crippen LogP contribution in [0.4, 0.5) is 0 Å². The Morgan fingerprint density at radius 1 is 1.25 bits per heavy atom. The number of esters is 1. The van der Waals surface area contributed by atoms with E-state index in [0.717, 1.165) is 12.8 Å². The number of rotatable bonds is 8. The van der Waals surface area contributed by atoms with Gasteiger partial charge in [0.05, 0.1) is 6.61 Å². The summed E-state index contributed by atoms with van der Waals surface area (Å²) in [6.07, 6.45) is 8.47. The number of hydrogen-bond acceptors (Lipinski definition) is 4. The molecule has 0 spiro atoms. The molecule has 0 aliphatic carbocycles. The molecule has 4 heteroatoms. The molecule has 0 radical (unpaired) electrons. The van der Waals surface area contributed by atoms with Crippen LogP contribution in [0.5, 0.6) is 0 Å². The second kappa shape index (κ2) is 16.1. The summed E-state index contributed by atoms with van der Waals surface area (Å²) in [7, 11) is 0. The molecule has 0 aromatic rings. The summed E-state index contributed by atoms with van der Waals surface area (Å²) < 4.78 is 4.84. The van der Waals surface area contributed by atoms with Crippen molar-refractivity contribution in [1.29, 1.82) is 0 Å². The van der Waals surface area contributed by atoms with Gasteiger partial charge in [0.1, 0.15) is 0 Å². The molecule has 0 heterocycles. The lowest BCUT2D eigenvalue weighted by Gasteiger charge is -2.01. The molecule has 4 nitrogen and oxygen atoms in total. The first-order valence-electron chi connectivity index (χ1n) is 5.57. The highest BCUT2D eigenvalue weighted by molar-refractivity contribution is 5.81. The summed E-state index contributed by atoms with van der Waals surface area (Å²) in [5, 5.41) is 8.25. The van der Waals surface area contributed by atoms with E-state index >= 15 is 0 Å². The maximum absolute atomic E-state index is 10.6. The van der Waals surface area contributed by atoms with Crippen LogP contribution in [0.25, 0.3) is 0 Å². The molecule has 0 aliphatic heterocycles. The number of hydrogen-bond donors (Lipinski definition) is 0. The zero-order valence-corrected chi connectivity index (χ0v) is 9.94. The quantitative estimate of drug-likeness (QED) is 0.273. The number of ether oxygens (including phenoxy) is 1. The predicted octanol–water partition coefficient (Wildman–Crippen LogP) is 1.44. The average molecular weight is 229 g/mol. The van der Waals surface area contributed by atoms with Gasteiger partial charge in [0.2, 0.25) is 0 Å². The summed E-state index contributed by atoms with van der Waals surface area (Å²) in [6.45, 7) is 5.56. The van der Waals surface area contributed by atoms with Crippen LogP contribution in [0.3, 0.4) is 0 Å². The van der Waals surface area contributed by atoms with E-state index in [2.05, 4.69) is 13.5 Å². The van der Waals surface area contributed by atoms with E-state index in [1.165, 1.54) is 31.8 Å². The van der Waals surface area contributed by atoms with E-state index in [0.29, 0.717) is 6.61 Å². The van der Waals surface area contributed by atoms with Gasteiger partial charge in [-0.2, -0.15) is 0 Å². The van der Waals surface area contributed by atoms with Gasteiger partial charge in [0.25, 0.3) is 0 Å². The van der Waals surface area contributed by atoms with Crippen molar-refractivity contribution >= 4 is 12.4 Å². The first kappa shape index (κ1) is 17.1. The minimum absolute atomic E-state index is 0.312. The van der Waals surface area contributed by atoms with Gasteiger partial charge in [0.15, 0.2) is 0 Å². The van der Waals surface area contributed by atoms with Crippen LogP contribution in [0.2, 0.25) is 0 Å². The second-order valence-corrected chi connectivity index (χ2v) is 3.24. The Balaban J connectivity index is 0. The van der Waals surface area contributed by atoms with Crippen LogP contribution in [0.15, 0.2) is 12.7 Å². The molecule has 0 unspecified atom stereocenters. The average Bonchev–Trinajstić information content (AvgIpc) is 2.28. The van der Waals surface area contributed by atoms with E-state index < -0.39 is 6.47 Å². The van der Waals surface area contributed by atoms with Crippen LogP contribution in [0.1, 0.15) is 45.4 Å². The lowest BCUT2D eigenvalue weighted by molar-refractivity contribution is -0.283. The Morgan fingerprint density at radius 3 is 2.25 bits per heavy atom. The first-order chi connectivity index (χ1) is 7.72. The third kappa shape index (κ3) is 18.5. The molecule has 0 aliphatic rings. The fraction of sp³-hybridized carbons (Fsp3) is 0.667. The summed E-state index contributed by atoms with van der Waals surface area (Å²) in [4.78, 5) is 18.9. The Bertz CT molecular complexity index is 178. The molecule has 0 saturated carbocycles. The normalized spacial score (nSPS) is 8.56. The zero-order valence-electron chi connectivity index (χ0n) is 9.94. The largest absolute Gasteiger partial charge is 0.554 e. The van der Waals surface area contributed by atoms with E-state index in [-0.39, 0.29) is 5.97 Å². The first-order valence-corrected chi connectivity index (χ1v) is 5.57. The van der Waals surface area contributed by atoms with E-state index in [4.69, 9.17) is 14.6 Å². The minimum atomic E-state index is -0.500. The number of carbonyl (C=O) groups excluding carboxylic acids is 2. The summed E-state index contributed by atoms with van der Waals surface area (Å²) in [5.41, 5.74) is 0. The van der Waals surface area contributed by atoms with Crippen molar-refractivity contribution in [2.45, 2.75) is 45.4 Å². The number of carboxylic acid groups (broad SMARTS) is 1. The molecule has 0 saturated heterocycles. The van der Waals surface area contributed by atoms with Gasteiger partial charge in [-0.1, -0.05) is 45.6 Å². The van der Waals surface area contributed by atoms with Gasteiger partial charge in [-0.3, -0.25) is 0 Å². The third-order valence-corrected chi connectivity index (χ3v) is 1.91. The molecule has 0 rings (SSSR count). The van der Waals surface area contributed by atoms with Crippen molar-refractivity contribution < 1.29 is 19.4 Å². The Morgan fingerprint density at radius 2 is 1.75 bits per heavy atom. The van der Waals surface area contributed by atoms with E-state index in [9.17, 15) is 4.79 Å². The molecule has 0 fully saturated rings. The molecule has 94 valence electrons. The number of unbranched alkanes of at least 4 members (excludes halogenated alkanes) is 5. The fourth-order valence-corrected chi connectivity index (χ4v) is 1.11. The molecular weight excluding hydrogens is 208 g/mol. The smallest absolute Gasteiger partial charge is 0.330 e. The highest BCUT2D eigenvalue weighted by Crippen LogP contribution is 2.04. The van der Waals surface area contributed by atoms with Crippen LogP contribution in [-0.2, 0) is 14.3 Å². The van der Waals surface area contributed by atoms with Crippen molar-refractivity contribution in [1.82, 2.24) is 0 Å². The maximum Gasteiger partial charge on any atom is 0.330 e. The van der Waals surface area contributed by atoms with Crippen molar-refractivity contribution in [3.8, 4) is 0 Å². The highest BCUT2D eigenvalue weighted by Gasteiger charge is 1.94. The van der Waals surface area contributed by atoms with Crippen molar-refractivity contribution in [2.75, 3.05) is 6.61 Å². The predicted molar refractivity (Wildman–Crippen MR) is 60.6 cm³/mol. The van der Waals surface area contributed by atoms with Crippen molar-refractivity contribution in [2.24, 2.45) is 0 Å².